The maximum Gasteiger partial charge on any atom is 0.171 e. The number of fused-ring (bicyclic) bond motifs is 1. The quantitative estimate of drug-likeness (QED) is 0.592. The highest BCUT2D eigenvalue weighted by atomic mass is 35.5. The van der Waals surface area contributed by atoms with Crippen LogP contribution in [0.4, 0.5) is 0 Å². The first-order valence-electron chi connectivity index (χ1n) is 5.33. The summed E-state index contributed by atoms with van der Waals surface area (Å²) < 4.78 is 0. The molecule has 3 rings (SSSR count). The number of hydrogen-bond donors (Lipinski definition) is 0. The number of halogens is 2. The summed E-state index contributed by atoms with van der Waals surface area (Å²) in [5.74, 6) is 0.633. The van der Waals surface area contributed by atoms with E-state index in [1.807, 2.05) is 30.5 Å². The van der Waals surface area contributed by atoms with Gasteiger partial charge in [0.15, 0.2) is 5.82 Å². The van der Waals surface area contributed by atoms with Gasteiger partial charge in [-0.1, -0.05) is 29.3 Å². The summed E-state index contributed by atoms with van der Waals surface area (Å²) in [4.78, 5) is 9.90. The van der Waals surface area contributed by atoms with E-state index in [9.17, 15) is 0 Å². The molecule has 1 aromatic carbocycles. The third-order valence-corrected chi connectivity index (χ3v) is 4.30. The third-order valence-electron chi connectivity index (χ3n) is 2.70. The van der Waals surface area contributed by atoms with E-state index in [0.29, 0.717) is 21.5 Å². The lowest BCUT2D eigenvalue weighted by Crippen LogP contribution is -1.91. The molecule has 0 unspecified atom stereocenters. The summed E-state index contributed by atoms with van der Waals surface area (Å²) in [7, 11) is 0. The Hall–Kier alpha value is -1.16. The van der Waals surface area contributed by atoms with Gasteiger partial charge in [-0.15, -0.1) is 11.3 Å². The van der Waals surface area contributed by atoms with E-state index in [-0.39, 0.29) is 0 Å². The Morgan fingerprint density at radius 2 is 1.94 bits per heavy atom. The van der Waals surface area contributed by atoms with Gasteiger partial charge in [0.05, 0.1) is 15.4 Å². The molecule has 2 heterocycles. The predicted molar refractivity (Wildman–Crippen MR) is 77.6 cm³/mol. The number of para-hydroxylation sites is 1. The van der Waals surface area contributed by atoms with Gasteiger partial charge in [-0.3, -0.25) is 0 Å². The van der Waals surface area contributed by atoms with Crippen molar-refractivity contribution in [2.45, 2.75) is 6.92 Å². The van der Waals surface area contributed by atoms with Gasteiger partial charge in [0.25, 0.3) is 0 Å². The van der Waals surface area contributed by atoms with Crippen LogP contribution in [0, 0.1) is 6.92 Å². The van der Waals surface area contributed by atoms with Crippen LogP contribution in [0.3, 0.4) is 0 Å². The Labute approximate surface area is 118 Å². The molecule has 0 saturated carbocycles. The lowest BCUT2D eigenvalue weighted by atomic mass is 10.2. The molecule has 90 valence electrons. The second-order valence-corrected chi connectivity index (χ2v) is 5.59. The van der Waals surface area contributed by atoms with Gasteiger partial charge < -0.3 is 0 Å². The highest BCUT2D eigenvalue weighted by Crippen LogP contribution is 2.32. The first kappa shape index (κ1) is 11.9. The normalized spacial score (nSPS) is 11.1. The second kappa shape index (κ2) is 4.50. The summed E-state index contributed by atoms with van der Waals surface area (Å²) in [6, 6.07) is 7.55. The van der Waals surface area contributed by atoms with E-state index < -0.39 is 0 Å². The average molecular weight is 295 g/mol. The van der Waals surface area contributed by atoms with Crippen molar-refractivity contribution in [3.8, 4) is 10.7 Å². The molecule has 0 bridgehead atoms. The molecule has 2 nitrogen and oxygen atoms in total. The fraction of sp³-hybridized carbons (Fsp3) is 0.0769. The average Bonchev–Trinajstić information content (AvgIpc) is 2.77. The van der Waals surface area contributed by atoms with Crippen molar-refractivity contribution in [3.63, 3.8) is 0 Å². The molecule has 0 radical (unpaired) electrons. The molecule has 0 atom stereocenters. The number of aryl methyl sites for hydroxylation is 1. The Morgan fingerprint density at radius 3 is 2.67 bits per heavy atom. The van der Waals surface area contributed by atoms with Gasteiger partial charge in [-0.05, 0) is 36.1 Å². The minimum Gasteiger partial charge on any atom is -0.226 e. The van der Waals surface area contributed by atoms with E-state index in [0.717, 1.165) is 15.8 Å². The van der Waals surface area contributed by atoms with Crippen LogP contribution in [0.15, 0.2) is 29.6 Å². The highest BCUT2D eigenvalue weighted by molar-refractivity contribution is 7.13. The third kappa shape index (κ3) is 1.88. The molecular weight excluding hydrogens is 287 g/mol. The monoisotopic (exact) mass is 294 g/mol. The van der Waals surface area contributed by atoms with Gasteiger partial charge in [0.1, 0.15) is 5.15 Å². The molecule has 0 N–H and O–H groups in total. The Balaban J connectivity index is 2.34. The Bertz CT molecular complexity index is 737. The summed E-state index contributed by atoms with van der Waals surface area (Å²) in [6.45, 7) is 2.03. The van der Waals surface area contributed by atoms with E-state index in [1.165, 1.54) is 0 Å². The smallest absolute Gasteiger partial charge is 0.171 e. The van der Waals surface area contributed by atoms with Gasteiger partial charge in [0.2, 0.25) is 0 Å². The predicted octanol–water partition coefficient (Wildman–Crippen LogP) is 4.97. The standard InChI is InChI=1S/C13H8Cl2N2S/c1-7-5-6-18-11(7)13-16-10-8(12(15)17-13)3-2-4-9(10)14/h2-6H,1H3. The molecule has 0 saturated heterocycles. The molecule has 0 spiro atoms. The molecule has 0 aliphatic carbocycles. The van der Waals surface area contributed by atoms with Crippen LogP contribution < -0.4 is 0 Å². The molecule has 0 fully saturated rings. The van der Waals surface area contributed by atoms with Crippen LogP contribution in [0.1, 0.15) is 5.56 Å². The Morgan fingerprint density at radius 1 is 1.11 bits per heavy atom. The number of rotatable bonds is 1. The summed E-state index contributed by atoms with van der Waals surface area (Å²) in [5.41, 5.74) is 1.84. The molecule has 3 aromatic rings. The van der Waals surface area contributed by atoms with Gasteiger partial charge >= 0.3 is 0 Å². The van der Waals surface area contributed by atoms with Crippen LogP contribution in [0.5, 0.6) is 0 Å². The van der Waals surface area contributed by atoms with Crippen molar-refractivity contribution >= 4 is 45.4 Å². The molecule has 0 amide bonds. The molecule has 5 heteroatoms. The van der Waals surface area contributed by atoms with Crippen LogP contribution in [-0.4, -0.2) is 9.97 Å². The molecule has 0 aliphatic rings. The largest absolute Gasteiger partial charge is 0.226 e. The number of aromatic nitrogens is 2. The maximum absolute atomic E-state index is 6.20. The topological polar surface area (TPSA) is 25.8 Å². The van der Waals surface area contributed by atoms with E-state index >= 15 is 0 Å². The fourth-order valence-corrected chi connectivity index (χ4v) is 3.09. The lowest BCUT2D eigenvalue weighted by Gasteiger charge is -2.05. The van der Waals surface area contributed by atoms with Crippen molar-refractivity contribution in [2.75, 3.05) is 0 Å². The first-order valence-corrected chi connectivity index (χ1v) is 6.96. The summed E-state index contributed by atoms with van der Waals surface area (Å²) in [5, 5.41) is 3.82. The van der Waals surface area contributed by atoms with Gasteiger partial charge in [-0.2, -0.15) is 0 Å². The zero-order chi connectivity index (χ0) is 12.7. The lowest BCUT2D eigenvalue weighted by molar-refractivity contribution is 1.23. The van der Waals surface area contributed by atoms with Crippen molar-refractivity contribution in [2.24, 2.45) is 0 Å². The minimum absolute atomic E-state index is 0.435. The highest BCUT2D eigenvalue weighted by Gasteiger charge is 2.12. The van der Waals surface area contributed by atoms with Crippen LogP contribution in [0.2, 0.25) is 10.2 Å². The van der Waals surface area contributed by atoms with Crippen molar-refractivity contribution in [3.05, 3.63) is 45.4 Å². The fourth-order valence-electron chi connectivity index (χ4n) is 1.78. The Kier molecular flexibility index (Phi) is 2.98. The maximum atomic E-state index is 6.20. The van der Waals surface area contributed by atoms with E-state index in [4.69, 9.17) is 23.2 Å². The summed E-state index contributed by atoms with van der Waals surface area (Å²) in [6.07, 6.45) is 0. The van der Waals surface area contributed by atoms with Crippen LogP contribution >= 0.6 is 34.5 Å². The van der Waals surface area contributed by atoms with Gasteiger partial charge in [-0.25, -0.2) is 9.97 Å². The number of thiophene rings is 1. The van der Waals surface area contributed by atoms with Crippen molar-refractivity contribution < 1.29 is 0 Å². The zero-order valence-corrected chi connectivity index (χ0v) is 11.8. The minimum atomic E-state index is 0.435. The first-order chi connectivity index (χ1) is 8.66. The molecule has 18 heavy (non-hydrogen) atoms. The van der Waals surface area contributed by atoms with Crippen LogP contribution in [0.25, 0.3) is 21.6 Å². The number of benzene rings is 1. The molecule has 0 aliphatic heterocycles. The van der Waals surface area contributed by atoms with Crippen molar-refractivity contribution in [1.82, 2.24) is 9.97 Å². The molecule has 2 aromatic heterocycles. The molecular formula is C13H8Cl2N2S. The SMILES string of the molecule is Cc1ccsc1-c1nc(Cl)c2cccc(Cl)c2n1. The summed E-state index contributed by atoms with van der Waals surface area (Å²) >= 11 is 14.0. The van der Waals surface area contributed by atoms with Gasteiger partial charge in [0, 0.05) is 5.39 Å². The number of hydrogen-bond acceptors (Lipinski definition) is 3. The van der Waals surface area contributed by atoms with Crippen molar-refractivity contribution in [1.29, 1.82) is 0 Å². The van der Waals surface area contributed by atoms with E-state index in [1.54, 1.807) is 17.4 Å². The number of nitrogens with zero attached hydrogens (tertiary/aromatic N) is 2. The second-order valence-electron chi connectivity index (χ2n) is 3.91. The zero-order valence-electron chi connectivity index (χ0n) is 9.45. The van der Waals surface area contributed by atoms with E-state index in [2.05, 4.69) is 9.97 Å². The van der Waals surface area contributed by atoms with Crippen LogP contribution in [-0.2, 0) is 0 Å².